The molecule has 0 aliphatic rings. The number of methoxy groups -OCH3 is 2. The molecule has 0 heterocycles. The van der Waals surface area contributed by atoms with Crippen molar-refractivity contribution in [2.45, 2.75) is 6.92 Å². The van der Waals surface area contributed by atoms with E-state index in [0.29, 0.717) is 17.2 Å². The maximum atomic E-state index is 13.7. The molecule has 0 radical (unpaired) electrons. The Morgan fingerprint density at radius 1 is 1.12 bits per heavy atom. The number of rotatable bonds is 6. The van der Waals surface area contributed by atoms with Crippen LogP contribution in [0, 0.1) is 5.82 Å². The zero-order valence-electron chi connectivity index (χ0n) is 14.2. The van der Waals surface area contributed by atoms with Crippen LogP contribution in [0.3, 0.4) is 0 Å². The van der Waals surface area contributed by atoms with Gasteiger partial charge < -0.3 is 14.8 Å². The van der Waals surface area contributed by atoms with Gasteiger partial charge in [0.2, 0.25) is 11.8 Å². The highest BCUT2D eigenvalue weighted by molar-refractivity contribution is 6.02. The zero-order chi connectivity index (χ0) is 18.4. The number of amides is 2. The molecule has 2 aromatic carbocycles. The number of benzene rings is 2. The van der Waals surface area contributed by atoms with E-state index >= 15 is 0 Å². The summed E-state index contributed by atoms with van der Waals surface area (Å²) in [5, 5.41) is 2.45. The number of ether oxygens (including phenoxy) is 2. The maximum absolute atomic E-state index is 13.7. The molecule has 2 rings (SSSR count). The van der Waals surface area contributed by atoms with Gasteiger partial charge in [-0.3, -0.25) is 14.5 Å². The minimum absolute atomic E-state index is 0.0496. The lowest BCUT2D eigenvalue weighted by Crippen LogP contribution is -2.37. The molecule has 0 fully saturated rings. The van der Waals surface area contributed by atoms with Crippen LogP contribution < -0.4 is 19.7 Å². The second-order valence-corrected chi connectivity index (χ2v) is 5.17. The molecule has 0 spiro atoms. The molecule has 0 atom stereocenters. The Bertz CT molecular complexity index is 779. The predicted molar refractivity (Wildman–Crippen MR) is 92.6 cm³/mol. The molecule has 2 amide bonds. The number of halogens is 1. The fourth-order valence-corrected chi connectivity index (χ4v) is 2.27. The molecule has 0 saturated carbocycles. The van der Waals surface area contributed by atoms with Crippen molar-refractivity contribution in [1.82, 2.24) is 0 Å². The van der Waals surface area contributed by atoms with Gasteiger partial charge in [-0.05, 0) is 24.3 Å². The summed E-state index contributed by atoms with van der Waals surface area (Å²) in [5.41, 5.74) is 0.437. The molecule has 0 aromatic heterocycles. The van der Waals surface area contributed by atoms with E-state index in [-0.39, 0.29) is 18.1 Å². The van der Waals surface area contributed by atoms with Gasteiger partial charge in [-0.2, -0.15) is 0 Å². The van der Waals surface area contributed by atoms with E-state index < -0.39 is 11.7 Å². The van der Waals surface area contributed by atoms with Crippen molar-refractivity contribution in [3.8, 4) is 11.5 Å². The highest BCUT2D eigenvalue weighted by atomic mass is 19.1. The topological polar surface area (TPSA) is 67.9 Å². The van der Waals surface area contributed by atoms with Crippen LogP contribution in [-0.4, -0.2) is 32.6 Å². The minimum atomic E-state index is -0.552. The van der Waals surface area contributed by atoms with Gasteiger partial charge in [-0.25, -0.2) is 4.39 Å². The number of carbonyl (C=O) groups is 2. The fraction of sp³-hybridized carbons (Fsp3) is 0.222. The van der Waals surface area contributed by atoms with Crippen LogP contribution >= 0.6 is 0 Å². The second kappa shape index (κ2) is 8.14. The summed E-state index contributed by atoms with van der Waals surface area (Å²) in [7, 11) is 2.96. The minimum Gasteiger partial charge on any atom is -0.497 e. The normalized spacial score (nSPS) is 10.1. The molecular weight excluding hydrogens is 327 g/mol. The van der Waals surface area contributed by atoms with E-state index in [9.17, 15) is 14.0 Å². The maximum Gasteiger partial charge on any atom is 0.244 e. The molecule has 0 aliphatic heterocycles. The van der Waals surface area contributed by atoms with Crippen molar-refractivity contribution in [2.75, 3.05) is 31.0 Å². The van der Waals surface area contributed by atoms with Crippen molar-refractivity contribution in [3.05, 3.63) is 48.3 Å². The first-order chi connectivity index (χ1) is 12.0. The third-order valence-corrected chi connectivity index (χ3v) is 3.51. The zero-order valence-corrected chi connectivity index (χ0v) is 14.2. The third kappa shape index (κ3) is 4.47. The summed E-state index contributed by atoms with van der Waals surface area (Å²) in [5.74, 6) is -0.532. The van der Waals surface area contributed by atoms with Gasteiger partial charge in [0.15, 0.2) is 0 Å². The van der Waals surface area contributed by atoms with Crippen molar-refractivity contribution in [1.29, 1.82) is 0 Å². The highest BCUT2D eigenvalue weighted by Gasteiger charge is 2.21. The largest absolute Gasteiger partial charge is 0.497 e. The number of anilines is 2. The molecule has 1 N–H and O–H groups in total. The number of para-hydroxylation sites is 1. The number of carbonyl (C=O) groups excluding carboxylic acids is 2. The number of hydrogen-bond acceptors (Lipinski definition) is 4. The number of nitrogens with one attached hydrogen (secondary N) is 1. The van der Waals surface area contributed by atoms with Crippen LogP contribution in [0.4, 0.5) is 15.8 Å². The van der Waals surface area contributed by atoms with Gasteiger partial charge in [0, 0.05) is 13.0 Å². The van der Waals surface area contributed by atoms with Crippen molar-refractivity contribution in [3.63, 3.8) is 0 Å². The van der Waals surface area contributed by atoms with Gasteiger partial charge in [-0.1, -0.05) is 12.1 Å². The van der Waals surface area contributed by atoms with E-state index in [1.54, 1.807) is 24.3 Å². The summed E-state index contributed by atoms with van der Waals surface area (Å²) < 4.78 is 24.1. The molecular formula is C18H19FN2O4. The van der Waals surface area contributed by atoms with Gasteiger partial charge >= 0.3 is 0 Å². The van der Waals surface area contributed by atoms with E-state index in [0.717, 1.165) is 0 Å². The van der Waals surface area contributed by atoms with Crippen molar-refractivity contribution in [2.24, 2.45) is 0 Å². The predicted octanol–water partition coefficient (Wildman–Crippen LogP) is 2.83. The lowest BCUT2D eigenvalue weighted by molar-refractivity contribution is -0.120. The standard InChI is InChI=1S/C18H19FN2O4/c1-12(22)21(16-10-13(24-2)8-9-17(16)25-3)11-18(23)20-15-7-5-4-6-14(15)19/h4-10H,11H2,1-3H3,(H,20,23). The molecule has 0 bridgehead atoms. The Morgan fingerprint density at radius 2 is 1.84 bits per heavy atom. The first-order valence-electron chi connectivity index (χ1n) is 7.50. The van der Waals surface area contributed by atoms with Crippen molar-refractivity contribution < 1.29 is 23.5 Å². The lowest BCUT2D eigenvalue weighted by atomic mass is 10.2. The van der Waals surface area contributed by atoms with Crippen LogP contribution in [0.15, 0.2) is 42.5 Å². The molecule has 2 aromatic rings. The Hall–Kier alpha value is -3.09. The summed E-state index contributed by atoms with van der Waals surface area (Å²) >= 11 is 0. The van der Waals surface area contributed by atoms with Gasteiger partial charge in [-0.15, -0.1) is 0 Å². The average Bonchev–Trinajstić information content (AvgIpc) is 2.61. The Kier molecular flexibility index (Phi) is 5.94. The van der Waals surface area contributed by atoms with E-state index in [1.807, 2.05) is 0 Å². The van der Waals surface area contributed by atoms with Crippen LogP contribution in [0.1, 0.15) is 6.92 Å². The molecule has 0 saturated heterocycles. The average molecular weight is 346 g/mol. The first-order valence-corrected chi connectivity index (χ1v) is 7.50. The first kappa shape index (κ1) is 18.3. The smallest absolute Gasteiger partial charge is 0.244 e. The molecule has 132 valence electrons. The molecule has 7 heteroatoms. The van der Waals surface area contributed by atoms with Crippen LogP contribution in [0.25, 0.3) is 0 Å². The summed E-state index contributed by atoms with van der Waals surface area (Å²) in [6.07, 6.45) is 0. The van der Waals surface area contributed by atoms with Gasteiger partial charge in [0.25, 0.3) is 0 Å². The molecule has 25 heavy (non-hydrogen) atoms. The molecule has 0 unspecified atom stereocenters. The third-order valence-electron chi connectivity index (χ3n) is 3.51. The number of nitrogens with zero attached hydrogens (tertiary/aromatic N) is 1. The van der Waals surface area contributed by atoms with E-state index in [1.165, 1.54) is 44.2 Å². The Morgan fingerprint density at radius 3 is 2.44 bits per heavy atom. The van der Waals surface area contributed by atoms with Crippen LogP contribution in [0.2, 0.25) is 0 Å². The second-order valence-electron chi connectivity index (χ2n) is 5.17. The van der Waals surface area contributed by atoms with E-state index in [4.69, 9.17) is 9.47 Å². The fourth-order valence-electron chi connectivity index (χ4n) is 2.27. The van der Waals surface area contributed by atoms with Crippen molar-refractivity contribution >= 4 is 23.2 Å². The van der Waals surface area contributed by atoms with Gasteiger partial charge in [0.1, 0.15) is 23.9 Å². The Balaban J connectivity index is 2.26. The lowest BCUT2D eigenvalue weighted by Gasteiger charge is -2.23. The molecule has 6 nitrogen and oxygen atoms in total. The highest BCUT2D eigenvalue weighted by Crippen LogP contribution is 2.32. The number of hydrogen-bond donors (Lipinski definition) is 1. The summed E-state index contributed by atoms with van der Waals surface area (Å²) in [6.45, 7) is 1.03. The van der Waals surface area contributed by atoms with Gasteiger partial charge in [0.05, 0.1) is 25.6 Å². The summed E-state index contributed by atoms with van der Waals surface area (Å²) in [4.78, 5) is 25.5. The Labute approximate surface area is 145 Å². The van der Waals surface area contributed by atoms with E-state index in [2.05, 4.69) is 5.32 Å². The molecule has 0 aliphatic carbocycles. The van der Waals surface area contributed by atoms with Crippen LogP contribution in [-0.2, 0) is 9.59 Å². The summed E-state index contributed by atoms with van der Waals surface area (Å²) in [6, 6.07) is 10.7. The van der Waals surface area contributed by atoms with Crippen LogP contribution in [0.5, 0.6) is 11.5 Å². The monoisotopic (exact) mass is 346 g/mol. The SMILES string of the molecule is COc1ccc(OC)c(N(CC(=O)Nc2ccccc2F)C(C)=O)c1. The quantitative estimate of drug-likeness (QED) is 0.873.